The number of nitrogens with zero attached hydrogens (tertiary/aromatic N) is 5. The smallest absolute Gasteiger partial charge is 0.238 e. The van der Waals surface area contributed by atoms with Crippen LogP contribution < -0.4 is 0 Å². The first-order valence-corrected chi connectivity index (χ1v) is 18.9. The van der Waals surface area contributed by atoms with Gasteiger partial charge < -0.3 is 4.57 Å². The highest BCUT2D eigenvalue weighted by molar-refractivity contribution is 6.19. The Bertz CT molecular complexity index is 3220. The fourth-order valence-corrected chi connectivity index (χ4v) is 8.21. The van der Waals surface area contributed by atoms with Gasteiger partial charge in [-0.05, 0) is 58.7 Å². The Balaban J connectivity index is 1.19. The average molecular weight is 716 g/mol. The number of aromatic nitrogens is 5. The van der Waals surface area contributed by atoms with Gasteiger partial charge in [0.2, 0.25) is 5.95 Å². The molecule has 0 aliphatic heterocycles. The van der Waals surface area contributed by atoms with Crippen LogP contribution in [0.2, 0.25) is 0 Å². The van der Waals surface area contributed by atoms with Crippen molar-refractivity contribution in [1.29, 1.82) is 0 Å². The maximum atomic E-state index is 5.35. The van der Waals surface area contributed by atoms with Crippen LogP contribution in [-0.4, -0.2) is 24.1 Å². The van der Waals surface area contributed by atoms with E-state index in [0.717, 1.165) is 66.4 Å². The molecule has 11 rings (SSSR count). The van der Waals surface area contributed by atoms with E-state index in [9.17, 15) is 0 Å². The van der Waals surface area contributed by atoms with E-state index in [4.69, 9.17) is 15.0 Å². The molecule has 262 valence electrons. The summed E-state index contributed by atoms with van der Waals surface area (Å²) in [7, 11) is 0. The topological polar surface area (TPSA) is 48.5 Å². The molecule has 0 saturated carbocycles. The molecule has 56 heavy (non-hydrogen) atoms. The normalized spacial score (nSPS) is 11.6. The quantitative estimate of drug-likeness (QED) is 0.172. The maximum absolute atomic E-state index is 5.35. The van der Waals surface area contributed by atoms with Crippen LogP contribution in [0.15, 0.2) is 200 Å². The minimum atomic E-state index is 0.567. The van der Waals surface area contributed by atoms with Crippen molar-refractivity contribution in [3.05, 3.63) is 200 Å². The minimum Gasteiger partial charge on any atom is -0.309 e. The second-order valence-corrected chi connectivity index (χ2v) is 14.1. The second-order valence-electron chi connectivity index (χ2n) is 14.1. The first-order valence-electron chi connectivity index (χ1n) is 18.9. The van der Waals surface area contributed by atoms with Crippen molar-refractivity contribution >= 4 is 43.6 Å². The third-order valence-electron chi connectivity index (χ3n) is 10.8. The number of hydrogen-bond acceptors (Lipinski definition) is 3. The molecule has 3 heterocycles. The monoisotopic (exact) mass is 715 g/mol. The molecule has 5 heteroatoms. The molecule has 0 atom stereocenters. The molecule has 11 aromatic rings. The van der Waals surface area contributed by atoms with Gasteiger partial charge in [0.15, 0.2) is 11.6 Å². The van der Waals surface area contributed by atoms with E-state index in [1.54, 1.807) is 0 Å². The molecule has 5 nitrogen and oxygen atoms in total. The van der Waals surface area contributed by atoms with Crippen molar-refractivity contribution in [2.75, 3.05) is 0 Å². The summed E-state index contributed by atoms with van der Waals surface area (Å²) in [6.45, 7) is 0. The molecule has 8 aromatic carbocycles. The van der Waals surface area contributed by atoms with E-state index in [2.05, 4.69) is 197 Å². The summed E-state index contributed by atoms with van der Waals surface area (Å²) in [6.07, 6.45) is 0. The lowest BCUT2D eigenvalue weighted by Crippen LogP contribution is -2.07. The summed E-state index contributed by atoms with van der Waals surface area (Å²) in [5, 5.41) is 4.63. The minimum absolute atomic E-state index is 0.567. The predicted molar refractivity (Wildman–Crippen MR) is 230 cm³/mol. The SMILES string of the molecule is c1ccc(-c2ccc(-c3nc(-c4ccccc4-c4ccccc4)nc(-n4c5ccccc5c5cc6c(cc54)c4ccccc4n6-c4ccccc4)n3)cc2)cc1. The molecule has 0 unspecified atom stereocenters. The number of rotatable bonds is 6. The van der Waals surface area contributed by atoms with E-state index in [-0.39, 0.29) is 0 Å². The molecule has 0 aliphatic rings. The molecule has 0 spiro atoms. The molecule has 0 radical (unpaired) electrons. The number of fused-ring (bicyclic) bond motifs is 6. The van der Waals surface area contributed by atoms with Crippen LogP contribution in [0.25, 0.3) is 100 Å². The van der Waals surface area contributed by atoms with Crippen molar-refractivity contribution in [3.63, 3.8) is 0 Å². The van der Waals surface area contributed by atoms with Gasteiger partial charge in [0, 0.05) is 38.4 Å². The zero-order valence-electron chi connectivity index (χ0n) is 30.3. The summed E-state index contributed by atoms with van der Waals surface area (Å²) < 4.78 is 4.59. The Morgan fingerprint density at radius 2 is 0.750 bits per heavy atom. The highest BCUT2D eigenvalue weighted by atomic mass is 15.2. The lowest BCUT2D eigenvalue weighted by Gasteiger charge is -2.13. The van der Waals surface area contributed by atoms with E-state index in [1.807, 2.05) is 12.1 Å². The molecule has 0 saturated heterocycles. The van der Waals surface area contributed by atoms with Crippen LogP contribution in [0.1, 0.15) is 0 Å². The molecule has 3 aromatic heterocycles. The highest BCUT2D eigenvalue weighted by Gasteiger charge is 2.22. The summed E-state index contributed by atoms with van der Waals surface area (Å²) in [5.74, 6) is 1.79. The zero-order valence-corrected chi connectivity index (χ0v) is 30.3. The molecule has 0 bridgehead atoms. The Kier molecular flexibility index (Phi) is 7.42. The standard InChI is InChI=1S/C51H33N5/c1-4-16-34(17-5-1)35-28-30-37(31-29-35)49-52-50(42-25-11-10-22-39(42)36-18-6-2-7-19-36)54-51(53-49)56-46-27-15-13-24-41(46)44-32-47-43(33-48(44)56)40-23-12-14-26-45(40)55(47)38-20-8-3-9-21-38/h1-33H. The third-order valence-corrected chi connectivity index (χ3v) is 10.8. The Morgan fingerprint density at radius 1 is 0.286 bits per heavy atom. The summed E-state index contributed by atoms with van der Waals surface area (Å²) in [4.78, 5) is 15.9. The van der Waals surface area contributed by atoms with Gasteiger partial charge in [-0.1, -0.05) is 164 Å². The van der Waals surface area contributed by atoms with E-state index >= 15 is 0 Å². The predicted octanol–water partition coefficient (Wildman–Crippen LogP) is 12.7. The molecule has 0 aliphatic carbocycles. The van der Waals surface area contributed by atoms with Crippen LogP contribution >= 0.6 is 0 Å². The van der Waals surface area contributed by atoms with Crippen LogP contribution in [0.3, 0.4) is 0 Å². The molecule has 0 N–H and O–H groups in total. The fraction of sp³-hybridized carbons (Fsp3) is 0. The summed E-state index contributed by atoms with van der Waals surface area (Å²) in [5.41, 5.74) is 11.8. The van der Waals surface area contributed by atoms with Crippen molar-refractivity contribution in [3.8, 4) is 56.7 Å². The maximum Gasteiger partial charge on any atom is 0.238 e. The van der Waals surface area contributed by atoms with E-state index in [1.165, 1.54) is 16.3 Å². The number of para-hydroxylation sites is 3. The van der Waals surface area contributed by atoms with Crippen molar-refractivity contribution in [2.45, 2.75) is 0 Å². The average Bonchev–Trinajstić information content (AvgIpc) is 3.78. The van der Waals surface area contributed by atoms with Gasteiger partial charge in [-0.3, -0.25) is 4.57 Å². The largest absolute Gasteiger partial charge is 0.309 e. The molecular weight excluding hydrogens is 683 g/mol. The Hall–Kier alpha value is -7.63. The lowest BCUT2D eigenvalue weighted by atomic mass is 9.99. The number of hydrogen-bond donors (Lipinski definition) is 0. The van der Waals surface area contributed by atoms with Gasteiger partial charge in [0.1, 0.15) is 0 Å². The highest BCUT2D eigenvalue weighted by Crippen LogP contribution is 2.40. The lowest BCUT2D eigenvalue weighted by molar-refractivity contribution is 0.954. The zero-order chi connectivity index (χ0) is 37.0. The van der Waals surface area contributed by atoms with Crippen LogP contribution in [0.4, 0.5) is 0 Å². The Labute approximate surface area is 323 Å². The van der Waals surface area contributed by atoms with Crippen LogP contribution in [-0.2, 0) is 0 Å². The Morgan fingerprint density at radius 3 is 1.41 bits per heavy atom. The first kappa shape index (κ1) is 31.9. The molecular formula is C51H33N5. The van der Waals surface area contributed by atoms with Crippen molar-refractivity contribution in [1.82, 2.24) is 24.1 Å². The molecule has 0 amide bonds. The van der Waals surface area contributed by atoms with Gasteiger partial charge in [0.05, 0.1) is 22.1 Å². The van der Waals surface area contributed by atoms with Gasteiger partial charge >= 0.3 is 0 Å². The first-order chi connectivity index (χ1) is 27.8. The van der Waals surface area contributed by atoms with Gasteiger partial charge in [-0.2, -0.15) is 9.97 Å². The van der Waals surface area contributed by atoms with Crippen molar-refractivity contribution in [2.24, 2.45) is 0 Å². The fourth-order valence-electron chi connectivity index (χ4n) is 8.21. The van der Waals surface area contributed by atoms with Gasteiger partial charge in [0.25, 0.3) is 0 Å². The van der Waals surface area contributed by atoms with Crippen molar-refractivity contribution < 1.29 is 0 Å². The second kappa shape index (κ2) is 13.0. The van der Waals surface area contributed by atoms with Crippen LogP contribution in [0.5, 0.6) is 0 Å². The van der Waals surface area contributed by atoms with E-state index in [0.29, 0.717) is 17.6 Å². The molecule has 0 fully saturated rings. The number of benzene rings is 8. The van der Waals surface area contributed by atoms with Gasteiger partial charge in [-0.25, -0.2) is 4.98 Å². The summed E-state index contributed by atoms with van der Waals surface area (Å²) >= 11 is 0. The van der Waals surface area contributed by atoms with Crippen LogP contribution in [0, 0.1) is 0 Å². The third kappa shape index (κ3) is 5.21. The summed E-state index contributed by atoms with van der Waals surface area (Å²) in [6, 6.07) is 70.3. The van der Waals surface area contributed by atoms with E-state index < -0.39 is 0 Å². The van der Waals surface area contributed by atoms with Gasteiger partial charge in [-0.15, -0.1) is 0 Å².